The van der Waals surface area contributed by atoms with Crippen molar-refractivity contribution in [2.75, 3.05) is 32.8 Å². The summed E-state index contributed by atoms with van der Waals surface area (Å²) in [7, 11) is 0. The Bertz CT molecular complexity index is 686. The molecule has 9 heteroatoms. The largest absolute Gasteiger partial charge is 0.484 e. The molecule has 2 amide bonds. The standard InChI is InChI=1S/C19H25ClFN3O3.ClH/c20-15-9-14(5-6-16(15)21)27-12-18(25)24-8-2-3-13(11-24)10-23-19(26)17-4-1-7-22-17;/h5-6,9,13,17,22H,1-4,7-8,10-12H2,(H,23,26);1H. The van der Waals surface area contributed by atoms with Gasteiger partial charge in [0.1, 0.15) is 11.6 Å². The van der Waals surface area contributed by atoms with Gasteiger partial charge in [0.25, 0.3) is 5.91 Å². The van der Waals surface area contributed by atoms with E-state index in [-0.39, 0.29) is 47.8 Å². The van der Waals surface area contributed by atoms with Crippen molar-refractivity contribution in [2.45, 2.75) is 31.7 Å². The molecular formula is C19H26Cl2FN3O3. The number of likely N-dealkylation sites (tertiary alicyclic amines) is 1. The normalized spacial score (nSPS) is 21.7. The summed E-state index contributed by atoms with van der Waals surface area (Å²) in [6.07, 6.45) is 3.79. The predicted molar refractivity (Wildman–Crippen MR) is 107 cm³/mol. The van der Waals surface area contributed by atoms with Crippen LogP contribution in [0, 0.1) is 11.7 Å². The highest BCUT2D eigenvalue weighted by Gasteiger charge is 2.26. The van der Waals surface area contributed by atoms with E-state index in [2.05, 4.69) is 10.6 Å². The first-order chi connectivity index (χ1) is 13.0. The number of nitrogens with one attached hydrogen (secondary N) is 2. The summed E-state index contributed by atoms with van der Waals surface area (Å²) in [6.45, 7) is 2.64. The number of rotatable bonds is 6. The van der Waals surface area contributed by atoms with Gasteiger partial charge in [0.05, 0.1) is 11.1 Å². The second kappa shape index (κ2) is 10.8. The van der Waals surface area contributed by atoms with E-state index in [4.69, 9.17) is 16.3 Å². The number of piperidine rings is 1. The molecule has 1 aromatic rings. The van der Waals surface area contributed by atoms with Gasteiger partial charge in [-0.15, -0.1) is 12.4 Å². The molecule has 0 spiro atoms. The van der Waals surface area contributed by atoms with Gasteiger partial charge in [-0.05, 0) is 50.3 Å². The lowest BCUT2D eigenvalue weighted by Gasteiger charge is -2.33. The van der Waals surface area contributed by atoms with Crippen molar-refractivity contribution >= 4 is 35.8 Å². The van der Waals surface area contributed by atoms with Crippen LogP contribution < -0.4 is 15.4 Å². The van der Waals surface area contributed by atoms with Gasteiger partial charge in [-0.3, -0.25) is 9.59 Å². The SMILES string of the molecule is Cl.O=C(NCC1CCCN(C(=O)COc2ccc(F)c(Cl)c2)C1)C1CCCN1. The fourth-order valence-corrected chi connectivity index (χ4v) is 3.71. The highest BCUT2D eigenvalue weighted by Crippen LogP contribution is 2.21. The van der Waals surface area contributed by atoms with Gasteiger partial charge in [0, 0.05) is 25.7 Å². The van der Waals surface area contributed by atoms with Crippen molar-refractivity contribution in [1.29, 1.82) is 0 Å². The zero-order chi connectivity index (χ0) is 19.2. The van der Waals surface area contributed by atoms with E-state index < -0.39 is 5.82 Å². The molecule has 2 aliphatic heterocycles. The molecule has 2 N–H and O–H groups in total. The van der Waals surface area contributed by atoms with E-state index in [0.717, 1.165) is 32.2 Å². The lowest BCUT2D eigenvalue weighted by atomic mass is 9.97. The monoisotopic (exact) mass is 433 g/mol. The minimum absolute atomic E-state index is 0. The summed E-state index contributed by atoms with van der Waals surface area (Å²) < 4.78 is 18.6. The topological polar surface area (TPSA) is 70.7 Å². The number of hydrogen-bond donors (Lipinski definition) is 2. The van der Waals surface area contributed by atoms with E-state index in [1.807, 2.05) is 0 Å². The maximum absolute atomic E-state index is 13.2. The van der Waals surface area contributed by atoms with E-state index in [9.17, 15) is 14.0 Å². The Hall–Kier alpha value is -1.57. The number of halogens is 3. The zero-order valence-corrected chi connectivity index (χ0v) is 17.2. The second-order valence-corrected chi connectivity index (χ2v) is 7.51. The number of benzene rings is 1. The van der Waals surface area contributed by atoms with Crippen molar-refractivity contribution in [2.24, 2.45) is 5.92 Å². The van der Waals surface area contributed by atoms with Crippen LogP contribution in [0.5, 0.6) is 5.75 Å². The molecule has 0 saturated carbocycles. The van der Waals surface area contributed by atoms with Crippen LogP contribution in [0.3, 0.4) is 0 Å². The first kappa shape index (κ1) is 22.7. The van der Waals surface area contributed by atoms with Crippen LogP contribution in [-0.2, 0) is 9.59 Å². The van der Waals surface area contributed by atoms with E-state index in [1.54, 1.807) is 4.90 Å². The van der Waals surface area contributed by atoms with Gasteiger partial charge in [-0.25, -0.2) is 4.39 Å². The quantitative estimate of drug-likeness (QED) is 0.722. The van der Waals surface area contributed by atoms with E-state index in [0.29, 0.717) is 25.4 Å². The van der Waals surface area contributed by atoms with Gasteiger partial charge >= 0.3 is 0 Å². The van der Waals surface area contributed by atoms with Crippen LogP contribution in [0.2, 0.25) is 5.02 Å². The Morgan fingerprint density at radius 1 is 1.32 bits per heavy atom. The Kier molecular flexibility index (Phi) is 8.79. The molecular weight excluding hydrogens is 408 g/mol. The maximum Gasteiger partial charge on any atom is 0.260 e. The van der Waals surface area contributed by atoms with Crippen molar-refractivity contribution in [3.8, 4) is 5.75 Å². The molecule has 0 aromatic heterocycles. The number of ether oxygens (including phenoxy) is 1. The molecule has 3 rings (SSSR count). The van der Waals surface area contributed by atoms with Crippen molar-refractivity contribution in [3.63, 3.8) is 0 Å². The minimum Gasteiger partial charge on any atom is -0.484 e. The summed E-state index contributed by atoms with van der Waals surface area (Å²) in [5.41, 5.74) is 0. The number of carbonyl (C=O) groups excluding carboxylic acids is 2. The Morgan fingerprint density at radius 2 is 2.14 bits per heavy atom. The molecule has 28 heavy (non-hydrogen) atoms. The number of hydrogen-bond acceptors (Lipinski definition) is 4. The molecule has 2 saturated heterocycles. The molecule has 156 valence electrons. The minimum atomic E-state index is -0.524. The van der Waals surface area contributed by atoms with Crippen LogP contribution in [0.4, 0.5) is 4.39 Å². The molecule has 6 nitrogen and oxygen atoms in total. The molecule has 2 unspecified atom stereocenters. The van der Waals surface area contributed by atoms with Gasteiger partial charge in [-0.1, -0.05) is 11.6 Å². The second-order valence-electron chi connectivity index (χ2n) is 7.11. The predicted octanol–water partition coefficient (Wildman–Crippen LogP) is 2.39. The summed E-state index contributed by atoms with van der Waals surface area (Å²) >= 11 is 5.71. The van der Waals surface area contributed by atoms with Gasteiger partial charge in [0.2, 0.25) is 5.91 Å². The fourth-order valence-electron chi connectivity index (χ4n) is 3.54. The summed E-state index contributed by atoms with van der Waals surface area (Å²) in [4.78, 5) is 26.3. The Labute approximate surface area is 175 Å². The molecule has 2 fully saturated rings. The Balaban J connectivity index is 0.00000280. The van der Waals surface area contributed by atoms with Crippen LogP contribution in [0.25, 0.3) is 0 Å². The smallest absolute Gasteiger partial charge is 0.260 e. The highest BCUT2D eigenvalue weighted by molar-refractivity contribution is 6.30. The molecule has 0 aliphatic carbocycles. The molecule has 0 bridgehead atoms. The summed E-state index contributed by atoms with van der Waals surface area (Å²) in [5, 5.41) is 6.15. The third-order valence-electron chi connectivity index (χ3n) is 5.07. The maximum atomic E-state index is 13.2. The van der Waals surface area contributed by atoms with Crippen molar-refractivity contribution in [3.05, 3.63) is 29.0 Å². The highest BCUT2D eigenvalue weighted by atomic mass is 35.5. The lowest BCUT2D eigenvalue weighted by Crippen LogP contribution is -2.47. The zero-order valence-electron chi connectivity index (χ0n) is 15.6. The fraction of sp³-hybridized carbons (Fsp3) is 0.579. The van der Waals surface area contributed by atoms with Crippen molar-refractivity contribution in [1.82, 2.24) is 15.5 Å². The molecule has 2 heterocycles. The van der Waals surface area contributed by atoms with E-state index >= 15 is 0 Å². The molecule has 2 aliphatic rings. The number of amides is 2. The van der Waals surface area contributed by atoms with Gasteiger partial charge in [0.15, 0.2) is 6.61 Å². The summed E-state index contributed by atoms with van der Waals surface area (Å²) in [6, 6.07) is 3.93. The molecule has 0 radical (unpaired) electrons. The van der Waals surface area contributed by atoms with Gasteiger partial charge < -0.3 is 20.3 Å². The van der Waals surface area contributed by atoms with E-state index in [1.165, 1.54) is 18.2 Å². The summed E-state index contributed by atoms with van der Waals surface area (Å²) in [5.74, 6) is 0.00780. The first-order valence-corrected chi connectivity index (χ1v) is 9.77. The first-order valence-electron chi connectivity index (χ1n) is 9.39. The lowest BCUT2D eigenvalue weighted by molar-refractivity contribution is -0.135. The average Bonchev–Trinajstić information content (AvgIpc) is 3.22. The third kappa shape index (κ3) is 6.22. The number of nitrogens with zero attached hydrogens (tertiary/aromatic N) is 1. The van der Waals surface area contributed by atoms with Crippen LogP contribution in [0.1, 0.15) is 25.7 Å². The van der Waals surface area contributed by atoms with Crippen LogP contribution >= 0.6 is 24.0 Å². The number of carbonyl (C=O) groups is 2. The van der Waals surface area contributed by atoms with Crippen LogP contribution in [-0.4, -0.2) is 55.5 Å². The van der Waals surface area contributed by atoms with Crippen LogP contribution in [0.15, 0.2) is 18.2 Å². The average molecular weight is 434 g/mol. The van der Waals surface area contributed by atoms with Crippen molar-refractivity contribution < 1.29 is 18.7 Å². The Morgan fingerprint density at radius 3 is 2.86 bits per heavy atom. The van der Waals surface area contributed by atoms with Gasteiger partial charge in [-0.2, -0.15) is 0 Å². The third-order valence-corrected chi connectivity index (χ3v) is 5.36. The molecule has 1 aromatic carbocycles. The molecule has 2 atom stereocenters.